The Kier molecular flexibility index (Phi) is 40.9. The van der Waals surface area contributed by atoms with Gasteiger partial charge in [0.25, 0.3) is 0 Å². The van der Waals surface area contributed by atoms with Crippen molar-refractivity contribution in [3.63, 3.8) is 0 Å². The van der Waals surface area contributed by atoms with E-state index in [2.05, 4.69) is 0 Å². The SMILES string of the molecule is NCCCCC(N)C(=O)O.O=[P+](O)O.O=[P+](O)O.O=[P+](O)O.O=[P+](O)O. The summed E-state index contributed by atoms with van der Waals surface area (Å²) in [6.07, 6.45) is 2.16. The van der Waals surface area contributed by atoms with Gasteiger partial charge in [-0.3, -0.25) is 4.79 Å². The standard InChI is InChI=1S/C6H14N2O2.4HO3P/c7-4-2-1-3-5(8)6(9)10;4*1-4(2)3/h5H,1-4,7-8H2,(H,9,10);4*(H-,1,2,3)/p+4. The second kappa shape index (κ2) is 29.2. The fourth-order valence-electron chi connectivity index (χ4n) is 0.632. The minimum absolute atomic E-state index is 0.520. The summed E-state index contributed by atoms with van der Waals surface area (Å²) in [6.45, 7) is 0.604. The third-order valence-electron chi connectivity index (χ3n) is 1.29. The predicted octanol–water partition coefficient (Wildman–Crippen LogP) is -1.96. The van der Waals surface area contributed by atoms with Crippen molar-refractivity contribution >= 4 is 39.0 Å². The quantitative estimate of drug-likeness (QED) is 0.153. The van der Waals surface area contributed by atoms with E-state index in [1.165, 1.54) is 0 Å². The molecule has 0 aromatic heterocycles. The Labute approximate surface area is 150 Å². The van der Waals surface area contributed by atoms with Gasteiger partial charge in [0.05, 0.1) is 0 Å². The van der Waals surface area contributed by atoms with Crippen LogP contribution < -0.4 is 11.5 Å². The number of rotatable bonds is 5. The fourth-order valence-corrected chi connectivity index (χ4v) is 0.632. The van der Waals surface area contributed by atoms with Crippen molar-refractivity contribution in [2.75, 3.05) is 6.54 Å². The average Bonchev–Trinajstić information content (AvgIpc) is 2.35. The zero-order chi connectivity index (χ0) is 22.3. The molecule has 1 atom stereocenters. The van der Waals surface area contributed by atoms with Gasteiger partial charge >= 0.3 is 39.0 Å². The predicted molar refractivity (Wildman–Crippen MR) is 86.7 cm³/mol. The summed E-state index contributed by atoms with van der Waals surface area (Å²) >= 11 is 0. The highest BCUT2D eigenvalue weighted by atomic mass is 31.1. The molecule has 156 valence electrons. The van der Waals surface area contributed by atoms with E-state index >= 15 is 0 Å². The summed E-state index contributed by atoms with van der Waals surface area (Å²) in [6, 6.07) is -0.716. The largest absolute Gasteiger partial charge is 0.692 e. The molecule has 20 heteroatoms. The molecular weight excluding hydrogens is 448 g/mol. The van der Waals surface area contributed by atoms with Crippen LogP contribution in [0, 0.1) is 0 Å². The summed E-state index contributed by atoms with van der Waals surface area (Å²) < 4.78 is 34.8. The van der Waals surface area contributed by atoms with Crippen LogP contribution in [-0.2, 0) is 23.1 Å². The molecule has 13 N–H and O–H groups in total. The highest BCUT2D eigenvalue weighted by Crippen LogP contribution is 1.99. The number of carboxylic acids is 1. The molecule has 0 heterocycles. The number of carbonyl (C=O) groups is 1. The molecule has 0 saturated heterocycles. The number of nitrogens with two attached hydrogens (primary N) is 2. The minimum Gasteiger partial charge on any atom is -0.480 e. The van der Waals surface area contributed by atoms with Gasteiger partial charge in [0.2, 0.25) is 0 Å². The maximum absolute atomic E-state index is 10.1. The normalized spacial score (nSPS) is 9.00. The molecule has 0 aromatic rings. The van der Waals surface area contributed by atoms with Crippen molar-refractivity contribution in [1.82, 2.24) is 0 Å². The lowest BCUT2D eigenvalue weighted by atomic mass is 10.1. The van der Waals surface area contributed by atoms with Gasteiger partial charge in [-0.05, 0) is 19.4 Å². The highest BCUT2D eigenvalue weighted by Gasteiger charge is 2.09. The molecular formula is C6H22N2O14P4+4. The second-order valence-electron chi connectivity index (χ2n) is 3.24. The van der Waals surface area contributed by atoms with Gasteiger partial charge in [-0.25, -0.2) is 0 Å². The van der Waals surface area contributed by atoms with E-state index in [0.29, 0.717) is 13.0 Å². The molecule has 0 spiro atoms. The number of unbranched alkanes of at least 4 members (excludes halogenated alkanes) is 1. The van der Waals surface area contributed by atoms with Crippen LogP contribution in [0.2, 0.25) is 0 Å². The molecule has 0 aliphatic heterocycles. The summed E-state index contributed by atoms with van der Waals surface area (Å²) in [7, 11) is -11.5. The Balaban J connectivity index is -0.0000000776. The summed E-state index contributed by atoms with van der Waals surface area (Å²) in [5.74, 6) is -0.933. The molecule has 0 aliphatic carbocycles. The first kappa shape index (κ1) is 36.4. The van der Waals surface area contributed by atoms with Crippen molar-refractivity contribution in [1.29, 1.82) is 0 Å². The Morgan fingerprint density at radius 3 is 1.12 bits per heavy atom. The fraction of sp³-hybridized carbons (Fsp3) is 0.833. The average molecular weight is 470 g/mol. The van der Waals surface area contributed by atoms with Crippen molar-refractivity contribution in [2.24, 2.45) is 11.5 Å². The smallest absolute Gasteiger partial charge is 0.480 e. The topological polar surface area (TPSA) is 319 Å². The lowest BCUT2D eigenvalue weighted by Gasteiger charge is -2.03. The van der Waals surface area contributed by atoms with E-state index in [4.69, 9.17) is 74.0 Å². The van der Waals surface area contributed by atoms with Crippen LogP contribution in [0.5, 0.6) is 0 Å². The van der Waals surface area contributed by atoms with Crippen LogP contribution in [0.1, 0.15) is 19.3 Å². The molecule has 1 unspecified atom stereocenters. The van der Waals surface area contributed by atoms with Gasteiger partial charge in [0, 0.05) is 18.3 Å². The molecule has 0 saturated carbocycles. The van der Waals surface area contributed by atoms with E-state index in [1.54, 1.807) is 0 Å². The summed E-state index contributed by atoms with van der Waals surface area (Å²) in [4.78, 5) is 67.1. The lowest BCUT2D eigenvalue weighted by Crippen LogP contribution is -2.29. The van der Waals surface area contributed by atoms with Gasteiger partial charge < -0.3 is 16.6 Å². The van der Waals surface area contributed by atoms with Crippen LogP contribution in [-0.4, -0.2) is 62.8 Å². The number of aliphatic carboxylic acids is 1. The van der Waals surface area contributed by atoms with Crippen molar-refractivity contribution in [3.8, 4) is 0 Å². The van der Waals surface area contributed by atoms with Gasteiger partial charge in [-0.1, -0.05) is 6.42 Å². The molecule has 0 fully saturated rings. The van der Waals surface area contributed by atoms with Gasteiger partial charge in [-0.2, -0.15) is 0 Å². The first-order chi connectivity index (χ1) is 11.6. The van der Waals surface area contributed by atoms with E-state index in [9.17, 15) is 4.79 Å². The molecule has 0 aromatic carbocycles. The molecule has 0 aliphatic rings. The summed E-state index contributed by atoms with van der Waals surface area (Å²) in [5.41, 5.74) is 10.4. The maximum Gasteiger partial charge on any atom is 0.692 e. The van der Waals surface area contributed by atoms with E-state index < -0.39 is 45.0 Å². The molecule has 16 nitrogen and oxygen atoms in total. The number of hydrogen-bond donors (Lipinski definition) is 11. The first-order valence-corrected chi connectivity index (χ1v) is 10.4. The Hall–Kier alpha value is -0.530. The highest BCUT2D eigenvalue weighted by molar-refractivity contribution is 7.31. The molecule has 0 rings (SSSR count). The van der Waals surface area contributed by atoms with Crippen LogP contribution in [0.15, 0.2) is 0 Å². The molecule has 0 amide bonds. The Morgan fingerprint density at radius 2 is 0.962 bits per heavy atom. The van der Waals surface area contributed by atoms with Crippen molar-refractivity contribution in [3.05, 3.63) is 0 Å². The minimum atomic E-state index is -2.87. The Morgan fingerprint density at radius 1 is 0.731 bits per heavy atom. The molecule has 0 bridgehead atoms. The summed E-state index contributed by atoms with van der Waals surface area (Å²) in [5, 5.41) is 8.33. The third kappa shape index (κ3) is 165. The van der Waals surface area contributed by atoms with Crippen molar-refractivity contribution in [2.45, 2.75) is 25.3 Å². The van der Waals surface area contributed by atoms with Crippen LogP contribution in [0.4, 0.5) is 0 Å². The zero-order valence-electron chi connectivity index (χ0n) is 12.9. The zero-order valence-corrected chi connectivity index (χ0v) is 16.5. The maximum atomic E-state index is 10.1. The first-order valence-electron chi connectivity index (χ1n) is 5.70. The van der Waals surface area contributed by atoms with Gasteiger partial charge in [0.15, 0.2) is 0 Å². The second-order valence-corrected chi connectivity index (χ2v) is 5.26. The van der Waals surface area contributed by atoms with Crippen LogP contribution in [0.3, 0.4) is 0 Å². The van der Waals surface area contributed by atoms with Gasteiger partial charge in [0.1, 0.15) is 6.04 Å². The van der Waals surface area contributed by atoms with E-state index in [1.807, 2.05) is 0 Å². The number of carboxylic acid groups (broad SMARTS) is 1. The lowest BCUT2D eigenvalue weighted by molar-refractivity contribution is -0.138. The van der Waals surface area contributed by atoms with Crippen LogP contribution >= 0.6 is 33.0 Å². The van der Waals surface area contributed by atoms with E-state index in [0.717, 1.165) is 12.8 Å². The van der Waals surface area contributed by atoms with Crippen LogP contribution in [0.25, 0.3) is 0 Å². The van der Waals surface area contributed by atoms with Crippen molar-refractivity contribution < 1.29 is 67.3 Å². The van der Waals surface area contributed by atoms with E-state index in [-0.39, 0.29) is 0 Å². The van der Waals surface area contributed by atoms with Gasteiger partial charge in [-0.15, -0.1) is 39.1 Å². The monoisotopic (exact) mass is 470 g/mol. The third-order valence-corrected chi connectivity index (χ3v) is 1.29. The molecule has 26 heavy (non-hydrogen) atoms. The Bertz CT molecular complexity index is 345. The number of hydrogen-bond acceptors (Lipinski definition) is 7. The molecule has 0 radical (unpaired) electrons.